The minimum Gasteiger partial charge on any atom is -0.379 e. The van der Waals surface area contributed by atoms with Crippen molar-refractivity contribution >= 4 is 28.3 Å². The lowest BCUT2D eigenvalue weighted by Gasteiger charge is -2.43. The van der Waals surface area contributed by atoms with E-state index in [-0.39, 0.29) is 17.4 Å². The Labute approximate surface area is 140 Å². The molecule has 1 aromatic rings. The van der Waals surface area contributed by atoms with Gasteiger partial charge in [-0.3, -0.25) is 14.5 Å². The molecule has 1 aromatic heterocycles. The van der Waals surface area contributed by atoms with Crippen LogP contribution in [0, 0.1) is 0 Å². The molecule has 2 rings (SSSR count). The zero-order chi connectivity index (χ0) is 16.9. The van der Waals surface area contributed by atoms with Gasteiger partial charge in [-0.15, -0.1) is 11.3 Å². The summed E-state index contributed by atoms with van der Waals surface area (Å²) in [6.45, 7) is 9.46. The Hall–Kier alpha value is -1.51. The number of aromatic nitrogens is 1. The molecule has 0 aliphatic carbocycles. The monoisotopic (exact) mass is 340 g/mol. The van der Waals surface area contributed by atoms with Crippen molar-refractivity contribution in [3.8, 4) is 0 Å². The molecule has 128 valence electrons. The summed E-state index contributed by atoms with van der Waals surface area (Å²) < 4.78 is 5.40. The number of nitrogens with one attached hydrogen (secondary N) is 2. The topological polar surface area (TPSA) is 83.6 Å². The van der Waals surface area contributed by atoms with Gasteiger partial charge in [0.15, 0.2) is 5.13 Å². The molecule has 0 bridgehead atoms. The Kier molecular flexibility index (Phi) is 6.09. The van der Waals surface area contributed by atoms with Crippen molar-refractivity contribution in [3.05, 3.63) is 11.1 Å². The number of carbonyl (C=O) groups is 2. The third-order valence-electron chi connectivity index (χ3n) is 4.19. The molecule has 2 amide bonds. The first-order valence-electron chi connectivity index (χ1n) is 7.79. The molecule has 1 atom stereocenters. The fourth-order valence-corrected chi connectivity index (χ4v) is 3.25. The normalized spacial score (nSPS) is 18.2. The molecule has 0 saturated carbocycles. The molecular formula is C15H24N4O3S. The van der Waals surface area contributed by atoms with Gasteiger partial charge >= 0.3 is 0 Å². The van der Waals surface area contributed by atoms with E-state index in [9.17, 15) is 9.59 Å². The lowest BCUT2D eigenvalue weighted by Crippen LogP contribution is -2.56. The maximum absolute atomic E-state index is 12.3. The van der Waals surface area contributed by atoms with Crippen molar-refractivity contribution in [1.82, 2.24) is 15.2 Å². The number of anilines is 1. The summed E-state index contributed by atoms with van der Waals surface area (Å²) in [6, 6.07) is 0. The van der Waals surface area contributed by atoms with Crippen molar-refractivity contribution in [3.63, 3.8) is 0 Å². The van der Waals surface area contributed by atoms with Gasteiger partial charge in [-0.25, -0.2) is 4.98 Å². The Morgan fingerprint density at radius 2 is 2.13 bits per heavy atom. The van der Waals surface area contributed by atoms with Crippen LogP contribution in [-0.4, -0.2) is 60.1 Å². The van der Waals surface area contributed by atoms with Crippen molar-refractivity contribution in [2.75, 3.05) is 38.2 Å². The second kappa shape index (κ2) is 7.85. The van der Waals surface area contributed by atoms with Crippen LogP contribution in [-0.2, 0) is 9.53 Å². The number of hydrogen-bond donors (Lipinski definition) is 2. The SMILES string of the molecule is CC[C@](C)(CNC(=O)c1csc(NC(C)=O)n1)N1CCOCC1. The Balaban J connectivity index is 1.93. The first-order chi connectivity index (χ1) is 10.9. The van der Waals surface area contributed by atoms with Gasteiger partial charge in [-0.1, -0.05) is 6.92 Å². The van der Waals surface area contributed by atoms with E-state index in [2.05, 4.69) is 34.4 Å². The van der Waals surface area contributed by atoms with Gasteiger partial charge in [0, 0.05) is 37.5 Å². The van der Waals surface area contributed by atoms with Crippen LogP contribution < -0.4 is 10.6 Å². The zero-order valence-corrected chi connectivity index (χ0v) is 14.7. The van der Waals surface area contributed by atoms with Crippen LogP contribution in [0.4, 0.5) is 5.13 Å². The number of ether oxygens (including phenoxy) is 1. The minimum absolute atomic E-state index is 0.101. The highest BCUT2D eigenvalue weighted by molar-refractivity contribution is 7.14. The zero-order valence-electron chi connectivity index (χ0n) is 13.8. The molecule has 2 heterocycles. The number of nitrogens with zero attached hydrogens (tertiary/aromatic N) is 2. The summed E-state index contributed by atoms with van der Waals surface area (Å²) in [5.74, 6) is -0.414. The largest absolute Gasteiger partial charge is 0.379 e. The molecular weight excluding hydrogens is 316 g/mol. The van der Waals surface area contributed by atoms with Gasteiger partial charge in [0.2, 0.25) is 5.91 Å². The average Bonchev–Trinajstić information content (AvgIpc) is 3.01. The summed E-state index contributed by atoms with van der Waals surface area (Å²) in [6.07, 6.45) is 0.932. The molecule has 0 radical (unpaired) electrons. The molecule has 0 spiro atoms. The van der Waals surface area contributed by atoms with Gasteiger partial charge < -0.3 is 15.4 Å². The fourth-order valence-electron chi connectivity index (χ4n) is 2.51. The molecule has 1 saturated heterocycles. The number of hydrogen-bond acceptors (Lipinski definition) is 6. The molecule has 2 N–H and O–H groups in total. The first kappa shape index (κ1) is 17.8. The maximum atomic E-state index is 12.3. The summed E-state index contributed by atoms with van der Waals surface area (Å²) in [7, 11) is 0. The highest BCUT2D eigenvalue weighted by Crippen LogP contribution is 2.20. The van der Waals surface area contributed by atoms with Crippen molar-refractivity contribution in [2.24, 2.45) is 0 Å². The molecule has 0 unspecified atom stereocenters. The second-order valence-electron chi connectivity index (χ2n) is 5.85. The lowest BCUT2D eigenvalue weighted by atomic mass is 9.95. The molecule has 8 heteroatoms. The molecule has 1 aliphatic heterocycles. The molecule has 7 nitrogen and oxygen atoms in total. The third-order valence-corrected chi connectivity index (χ3v) is 4.94. The standard InChI is InChI=1S/C15H24N4O3S/c1-4-15(3,19-5-7-22-8-6-19)10-16-13(21)12-9-23-14(18-12)17-11(2)20/h9H,4-8,10H2,1-3H3,(H,16,21)(H,17,18,20)/t15-/m1/s1. The minimum atomic E-state index is -0.217. The third kappa shape index (κ3) is 4.73. The Morgan fingerprint density at radius 3 is 2.74 bits per heavy atom. The predicted molar refractivity (Wildman–Crippen MR) is 89.8 cm³/mol. The molecule has 23 heavy (non-hydrogen) atoms. The van der Waals surface area contributed by atoms with Gasteiger partial charge in [0.05, 0.1) is 13.2 Å². The van der Waals surface area contributed by atoms with Crippen LogP contribution in [0.25, 0.3) is 0 Å². The number of thiazole rings is 1. The van der Waals surface area contributed by atoms with E-state index in [4.69, 9.17) is 4.74 Å². The summed E-state index contributed by atoms with van der Waals surface area (Å²) in [4.78, 5) is 29.8. The Bertz CT molecular complexity index is 557. The number of morpholine rings is 1. The smallest absolute Gasteiger partial charge is 0.270 e. The molecule has 1 aliphatic rings. The van der Waals surface area contributed by atoms with Crippen LogP contribution in [0.2, 0.25) is 0 Å². The first-order valence-corrected chi connectivity index (χ1v) is 8.66. The summed E-state index contributed by atoms with van der Waals surface area (Å²) in [5, 5.41) is 7.64. The van der Waals surface area contributed by atoms with Gasteiger partial charge in [-0.05, 0) is 13.3 Å². The quantitative estimate of drug-likeness (QED) is 0.816. The highest BCUT2D eigenvalue weighted by Gasteiger charge is 2.31. The van der Waals surface area contributed by atoms with Crippen LogP contribution in [0.5, 0.6) is 0 Å². The van der Waals surface area contributed by atoms with E-state index in [1.807, 2.05) is 0 Å². The van der Waals surface area contributed by atoms with E-state index in [0.29, 0.717) is 17.4 Å². The summed E-state index contributed by atoms with van der Waals surface area (Å²) >= 11 is 1.24. The molecule has 0 aromatic carbocycles. The highest BCUT2D eigenvalue weighted by atomic mass is 32.1. The van der Waals surface area contributed by atoms with E-state index in [1.165, 1.54) is 18.3 Å². The van der Waals surface area contributed by atoms with E-state index in [0.717, 1.165) is 32.7 Å². The fraction of sp³-hybridized carbons (Fsp3) is 0.667. The van der Waals surface area contributed by atoms with Gasteiger partial charge in [0.25, 0.3) is 5.91 Å². The number of rotatable bonds is 6. The van der Waals surface area contributed by atoms with E-state index < -0.39 is 0 Å². The van der Waals surface area contributed by atoms with E-state index in [1.54, 1.807) is 5.38 Å². The second-order valence-corrected chi connectivity index (χ2v) is 6.71. The van der Waals surface area contributed by atoms with Crippen molar-refractivity contribution < 1.29 is 14.3 Å². The molecule has 1 fully saturated rings. The average molecular weight is 340 g/mol. The number of carbonyl (C=O) groups excluding carboxylic acids is 2. The van der Waals surface area contributed by atoms with Crippen LogP contribution >= 0.6 is 11.3 Å². The van der Waals surface area contributed by atoms with Crippen molar-refractivity contribution in [2.45, 2.75) is 32.7 Å². The van der Waals surface area contributed by atoms with E-state index >= 15 is 0 Å². The van der Waals surface area contributed by atoms with Crippen LogP contribution in [0.1, 0.15) is 37.7 Å². The summed E-state index contributed by atoms with van der Waals surface area (Å²) in [5.41, 5.74) is 0.231. The van der Waals surface area contributed by atoms with Gasteiger partial charge in [-0.2, -0.15) is 0 Å². The lowest BCUT2D eigenvalue weighted by molar-refractivity contribution is -0.114. The predicted octanol–water partition coefficient (Wildman–Crippen LogP) is 1.33. The van der Waals surface area contributed by atoms with Gasteiger partial charge in [0.1, 0.15) is 5.69 Å². The van der Waals surface area contributed by atoms with Crippen LogP contribution in [0.15, 0.2) is 5.38 Å². The van der Waals surface area contributed by atoms with Crippen molar-refractivity contribution in [1.29, 1.82) is 0 Å². The Morgan fingerprint density at radius 1 is 1.43 bits per heavy atom. The maximum Gasteiger partial charge on any atom is 0.270 e. The van der Waals surface area contributed by atoms with Crippen LogP contribution in [0.3, 0.4) is 0 Å². The number of amides is 2.